The van der Waals surface area contributed by atoms with E-state index in [1.807, 2.05) is 25.7 Å². The second-order valence-corrected chi connectivity index (χ2v) is 17.8. The molecular formula is C36H59NO6. The highest BCUT2D eigenvalue weighted by Crippen LogP contribution is 2.89. The molecule has 0 aromatic heterocycles. The quantitative estimate of drug-likeness (QED) is 0.391. The van der Waals surface area contributed by atoms with Gasteiger partial charge in [-0.3, -0.25) is 0 Å². The Kier molecular flexibility index (Phi) is 6.85. The number of carbonyl (C=O) groups excluding carboxylic acids is 1. The summed E-state index contributed by atoms with van der Waals surface area (Å²) in [6.45, 7) is 19.8. The summed E-state index contributed by atoms with van der Waals surface area (Å²) in [4.78, 5) is 14.7. The molecule has 7 aliphatic rings. The van der Waals surface area contributed by atoms with E-state index in [9.17, 15) is 15.0 Å². The average molecular weight is 602 g/mol. The molecule has 7 nitrogen and oxygen atoms in total. The van der Waals surface area contributed by atoms with E-state index in [0.29, 0.717) is 35.7 Å². The third kappa shape index (κ3) is 3.83. The normalized spacial score (nSPS) is 52.0. The fourth-order valence-corrected chi connectivity index (χ4v) is 13.4. The first kappa shape index (κ1) is 30.7. The molecule has 5 saturated carbocycles. The molecule has 5 aliphatic carbocycles. The zero-order chi connectivity index (χ0) is 31.0. The van der Waals surface area contributed by atoms with Crippen LogP contribution in [0.15, 0.2) is 0 Å². The highest BCUT2D eigenvalue weighted by atomic mass is 16.6. The number of amides is 1. The number of fused-ring (bicyclic) bond motifs is 4. The van der Waals surface area contributed by atoms with Gasteiger partial charge in [-0.2, -0.15) is 0 Å². The molecule has 1 amide bonds. The van der Waals surface area contributed by atoms with Crippen LogP contribution in [0.3, 0.4) is 0 Å². The molecule has 0 aromatic rings. The summed E-state index contributed by atoms with van der Waals surface area (Å²) in [5, 5.41) is 23.5. The minimum Gasteiger partial charge on any atom is -0.446 e. The number of ether oxygens (including phenoxy) is 3. The van der Waals surface area contributed by atoms with E-state index >= 15 is 0 Å². The predicted molar refractivity (Wildman–Crippen MR) is 164 cm³/mol. The third-order valence-electron chi connectivity index (χ3n) is 15.5. The summed E-state index contributed by atoms with van der Waals surface area (Å²) in [5.41, 5.74) is -0.718. The number of aliphatic hydroxyl groups is 2. The second kappa shape index (κ2) is 9.58. The van der Waals surface area contributed by atoms with Crippen LogP contribution >= 0.6 is 0 Å². The van der Waals surface area contributed by atoms with E-state index < -0.39 is 17.8 Å². The van der Waals surface area contributed by atoms with Gasteiger partial charge in [0.1, 0.15) is 12.2 Å². The molecule has 0 bridgehead atoms. The molecule has 43 heavy (non-hydrogen) atoms. The van der Waals surface area contributed by atoms with Gasteiger partial charge in [0, 0.05) is 30.5 Å². The van der Waals surface area contributed by atoms with E-state index in [1.165, 1.54) is 12.8 Å². The van der Waals surface area contributed by atoms with Crippen LogP contribution in [0.4, 0.5) is 4.79 Å². The fourth-order valence-electron chi connectivity index (χ4n) is 13.4. The Hall–Kier alpha value is -0.890. The topological polar surface area (TPSA) is 88.5 Å². The Morgan fingerprint density at radius 3 is 2.35 bits per heavy atom. The number of likely N-dealkylation sites (tertiary alicyclic amines) is 1. The molecule has 7 rings (SSSR count). The Morgan fingerprint density at radius 1 is 1.05 bits per heavy atom. The zero-order valence-electron chi connectivity index (χ0n) is 28.2. The van der Waals surface area contributed by atoms with Gasteiger partial charge < -0.3 is 29.3 Å². The van der Waals surface area contributed by atoms with Gasteiger partial charge in [0.25, 0.3) is 0 Å². The van der Waals surface area contributed by atoms with Crippen molar-refractivity contribution in [3.63, 3.8) is 0 Å². The van der Waals surface area contributed by atoms with Crippen molar-refractivity contribution >= 4 is 6.09 Å². The number of hydrogen-bond donors (Lipinski definition) is 2. The average Bonchev–Trinajstić information content (AvgIpc) is 3.52. The molecule has 7 heteroatoms. The number of nitrogens with zero attached hydrogens (tertiary/aromatic N) is 1. The van der Waals surface area contributed by atoms with E-state index in [4.69, 9.17) is 14.2 Å². The molecule has 2 saturated heterocycles. The van der Waals surface area contributed by atoms with E-state index in [0.717, 1.165) is 58.0 Å². The molecule has 244 valence electrons. The van der Waals surface area contributed by atoms with Crippen LogP contribution in [-0.4, -0.2) is 77.0 Å². The molecule has 2 spiro atoms. The lowest BCUT2D eigenvalue weighted by Gasteiger charge is -2.63. The van der Waals surface area contributed by atoms with Crippen molar-refractivity contribution in [2.24, 2.45) is 50.7 Å². The number of hydrogen-bond acceptors (Lipinski definition) is 6. The van der Waals surface area contributed by atoms with Crippen molar-refractivity contribution in [3.05, 3.63) is 0 Å². The molecule has 0 aromatic carbocycles. The molecule has 2 unspecified atom stereocenters. The molecule has 13 atom stereocenters. The van der Waals surface area contributed by atoms with Crippen LogP contribution in [0.1, 0.15) is 113 Å². The monoisotopic (exact) mass is 601 g/mol. The van der Waals surface area contributed by atoms with Gasteiger partial charge in [-0.25, -0.2) is 4.79 Å². The molecule has 0 radical (unpaired) electrons. The molecule has 2 heterocycles. The van der Waals surface area contributed by atoms with Gasteiger partial charge in [0.15, 0.2) is 0 Å². The van der Waals surface area contributed by atoms with Crippen LogP contribution in [-0.2, 0) is 14.2 Å². The van der Waals surface area contributed by atoms with Crippen molar-refractivity contribution in [1.29, 1.82) is 0 Å². The zero-order valence-corrected chi connectivity index (χ0v) is 28.2. The second-order valence-electron chi connectivity index (χ2n) is 17.8. The SMILES string of the molecule is CCO[C@@H]([C@H]1C[C@@H](C)[C@H]2[C@H](O1)[C@H](O)[C@@]1(C)C3CC[C@H]4C(C)(C)C(OC(=O)N5CCC5)CC[C@@]45C[C@@]35CC[C@]21C)C(C)(C)O. The smallest absolute Gasteiger partial charge is 0.410 e. The van der Waals surface area contributed by atoms with E-state index in [-0.39, 0.29) is 46.1 Å². The third-order valence-corrected chi connectivity index (χ3v) is 15.5. The summed E-state index contributed by atoms with van der Waals surface area (Å²) >= 11 is 0. The Bertz CT molecular complexity index is 1130. The van der Waals surface area contributed by atoms with Gasteiger partial charge in [0.05, 0.1) is 23.9 Å². The highest BCUT2D eigenvalue weighted by Gasteiger charge is 2.84. The van der Waals surface area contributed by atoms with Crippen LogP contribution < -0.4 is 0 Å². The minimum absolute atomic E-state index is 0.00329. The maximum atomic E-state index is 12.8. The molecular weight excluding hydrogens is 542 g/mol. The largest absolute Gasteiger partial charge is 0.446 e. The summed E-state index contributed by atoms with van der Waals surface area (Å²) in [7, 11) is 0. The number of aliphatic hydroxyl groups excluding tert-OH is 1. The van der Waals surface area contributed by atoms with Gasteiger partial charge in [-0.05, 0) is 118 Å². The van der Waals surface area contributed by atoms with E-state index in [1.54, 1.807) is 0 Å². The maximum Gasteiger partial charge on any atom is 0.410 e. The van der Waals surface area contributed by atoms with Crippen LogP contribution in [0.2, 0.25) is 0 Å². The minimum atomic E-state index is -1.02. The number of carbonyl (C=O) groups is 1. The molecule has 2 N–H and O–H groups in total. The van der Waals surface area contributed by atoms with Crippen LogP contribution in [0, 0.1) is 50.7 Å². The summed E-state index contributed by atoms with van der Waals surface area (Å²) in [5.74, 6) is 1.69. The standard InChI is InChI=1S/C36H59NO6/c1-9-41-29(32(5,6)40)22-19-21(2)26-27(42-22)28(38)34(8)24-12-11-23-31(3,4)25(43-30(39)37-17-10-18-37)13-14-35(23)20-36(24,35)16-15-33(26,34)7/h21-29,38,40H,9-20H2,1-8H3/t21-,22-,23+,24?,25?,26+,27+,28+,29+,33-,34-,35-,36+/m1/s1. The van der Waals surface area contributed by atoms with Gasteiger partial charge in [0.2, 0.25) is 0 Å². The lowest BCUT2D eigenvalue weighted by molar-refractivity contribution is -0.215. The maximum absolute atomic E-state index is 12.8. The first-order valence-electron chi connectivity index (χ1n) is 17.7. The first-order chi connectivity index (χ1) is 20.1. The van der Waals surface area contributed by atoms with Crippen molar-refractivity contribution in [1.82, 2.24) is 4.90 Å². The van der Waals surface area contributed by atoms with Crippen molar-refractivity contribution in [2.45, 2.75) is 149 Å². The van der Waals surface area contributed by atoms with Gasteiger partial charge in [-0.15, -0.1) is 0 Å². The van der Waals surface area contributed by atoms with Gasteiger partial charge in [-0.1, -0.05) is 34.6 Å². The lowest BCUT2D eigenvalue weighted by Crippen LogP contribution is -2.60. The van der Waals surface area contributed by atoms with Gasteiger partial charge >= 0.3 is 6.09 Å². The van der Waals surface area contributed by atoms with E-state index in [2.05, 4.69) is 34.6 Å². The van der Waals surface area contributed by atoms with Crippen molar-refractivity contribution < 1.29 is 29.2 Å². The van der Waals surface area contributed by atoms with Crippen molar-refractivity contribution in [2.75, 3.05) is 19.7 Å². The number of rotatable bonds is 5. The first-order valence-corrected chi connectivity index (χ1v) is 17.7. The Morgan fingerprint density at radius 2 is 1.72 bits per heavy atom. The Labute approximate surface area is 259 Å². The molecule has 7 fully saturated rings. The van der Waals surface area contributed by atoms with Crippen molar-refractivity contribution in [3.8, 4) is 0 Å². The predicted octanol–water partition coefficient (Wildman–Crippen LogP) is 6.19. The van der Waals surface area contributed by atoms with Crippen LogP contribution in [0.5, 0.6) is 0 Å². The lowest BCUT2D eigenvalue weighted by atomic mass is 9.41. The molecule has 2 aliphatic heterocycles. The fraction of sp³-hybridized carbons (Fsp3) is 0.972. The summed E-state index contributed by atoms with van der Waals surface area (Å²) in [6, 6.07) is 0. The van der Waals surface area contributed by atoms with Crippen LogP contribution in [0.25, 0.3) is 0 Å². The highest BCUT2D eigenvalue weighted by molar-refractivity contribution is 5.68. The summed E-state index contributed by atoms with van der Waals surface area (Å²) < 4.78 is 19.2. The summed E-state index contributed by atoms with van der Waals surface area (Å²) in [6.07, 6.45) is 8.41. The Balaban J connectivity index is 1.16.